The molecule has 1 rings (SSSR count). The van der Waals surface area contributed by atoms with Crippen LogP contribution in [0.1, 0.15) is 38.1 Å². The number of carboxylic acids is 1. The van der Waals surface area contributed by atoms with Crippen LogP contribution in [0.2, 0.25) is 0 Å². The fourth-order valence-corrected chi connectivity index (χ4v) is 3.96. The van der Waals surface area contributed by atoms with Gasteiger partial charge in [0.15, 0.2) is 0 Å². The molecule has 0 saturated carbocycles. The highest BCUT2D eigenvalue weighted by Gasteiger charge is 2.31. The summed E-state index contributed by atoms with van der Waals surface area (Å²) < 4.78 is 40.0. The van der Waals surface area contributed by atoms with Gasteiger partial charge in [0.2, 0.25) is 10.0 Å². The Kier molecular flexibility index (Phi) is 5.47. The molecule has 5 nitrogen and oxygen atoms in total. The smallest absolute Gasteiger partial charge is 0.337 e. The molecule has 0 atom stereocenters. The van der Waals surface area contributed by atoms with Crippen molar-refractivity contribution in [2.75, 3.05) is 6.54 Å². The third kappa shape index (κ3) is 4.01. The van der Waals surface area contributed by atoms with Crippen molar-refractivity contribution in [2.45, 2.75) is 38.6 Å². The van der Waals surface area contributed by atoms with Gasteiger partial charge in [0.1, 0.15) is 5.82 Å². The molecule has 0 bridgehead atoms. The Bertz CT molecular complexity index is 626. The van der Waals surface area contributed by atoms with Crippen LogP contribution >= 0.6 is 0 Å². The predicted octanol–water partition coefficient (Wildman–Crippen LogP) is 2.58. The van der Waals surface area contributed by atoms with Crippen LogP contribution in [0.5, 0.6) is 0 Å². The number of rotatable bonds is 6. The van der Waals surface area contributed by atoms with Gasteiger partial charge in [-0.3, -0.25) is 0 Å². The van der Waals surface area contributed by atoms with E-state index in [9.17, 15) is 17.6 Å². The van der Waals surface area contributed by atoms with Gasteiger partial charge in [-0.05, 0) is 38.0 Å². The second-order valence-corrected chi connectivity index (χ2v) is 7.37. The minimum Gasteiger partial charge on any atom is -0.478 e. The Balaban J connectivity index is 3.47. The summed E-state index contributed by atoms with van der Waals surface area (Å²) in [7, 11) is -4.08. The molecule has 0 aliphatic rings. The molecule has 0 unspecified atom stereocenters. The van der Waals surface area contributed by atoms with Crippen LogP contribution in [0.25, 0.3) is 0 Å². The monoisotopic (exact) mass is 317 g/mol. The highest BCUT2D eigenvalue weighted by atomic mass is 32.2. The fraction of sp³-hybridized carbons (Fsp3) is 0.500. The number of benzene rings is 1. The number of hydrogen-bond acceptors (Lipinski definition) is 3. The molecule has 1 N–H and O–H groups in total. The molecule has 7 heteroatoms. The lowest BCUT2D eigenvalue weighted by Crippen LogP contribution is -2.40. The number of nitrogens with zero attached hydrogens (tertiary/aromatic N) is 1. The van der Waals surface area contributed by atoms with Crippen molar-refractivity contribution in [1.82, 2.24) is 4.31 Å². The van der Waals surface area contributed by atoms with Crippen molar-refractivity contribution in [3.8, 4) is 0 Å². The van der Waals surface area contributed by atoms with E-state index in [0.717, 1.165) is 18.2 Å². The van der Waals surface area contributed by atoms with E-state index < -0.39 is 32.3 Å². The summed E-state index contributed by atoms with van der Waals surface area (Å²) in [5, 5.41) is 9.12. The molecule has 1 aromatic carbocycles. The quantitative estimate of drug-likeness (QED) is 0.875. The molecule has 0 radical (unpaired) electrons. The van der Waals surface area contributed by atoms with Gasteiger partial charge in [-0.2, -0.15) is 4.31 Å². The zero-order valence-corrected chi connectivity index (χ0v) is 13.3. The number of aromatic carboxylic acids is 1. The Labute approximate surface area is 124 Å². The highest BCUT2D eigenvalue weighted by Crippen LogP contribution is 2.24. The molecular formula is C14H20FNO4S. The van der Waals surface area contributed by atoms with Crippen LogP contribution in [-0.4, -0.2) is 36.4 Å². The topological polar surface area (TPSA) is 74.7 Å². The van der Waals surface area contributed by atoms with Gasteiger partial charge in [-0.15, -0.1) is 0 Å². The minimum atomic E-state index is -4.08. The van der Waals surface area contributed by atoms with Crippen molar-refractivity contribution in [3.05, 3.63) is 29.6 Å². The van der Waals surface area contributed by atoms with Gasteiger partial charge in [0.25, 0.3) is 0 Å². The summed E-state index contributed by atoms with van der Waals surface area (Å²) >= 11 is 0. The van der Waals surface area contributed by atoms with Crippen LogP contribution < -0.4 is 0 Å². The second kappa shape index (κ2) is 6.53. The van der Waals surface area contributed by atoms with E-state index in [-0.39, 0.29) is 18.5 Å². The van der Waals surface area contributed by atoms with Gasteiger partial charge in [-0.1, -0.05) is 13.8 Å². The maximum atomic E-state index is 13.4. The molecule has 21 heavy (non-hydrogen) atoms. The number of carboxylic acid groups (broad SMARTS) is 1. The van der Waals surface area contributed by atoms with Gasteiger partial charge in [0, 0.05) is 12.6 Å². The van der Waals surface area contributed by atoms with E-state index in [0.29, 0.717) is 0 Å². The largest absolute Gasteiger partial charge is 0.478 e. The molecule has 1 aromatic rings. The maximum absolute atomic E-state index is 13.4. The Morgan fingerprint density at radius 3 is 2.29 bits per heavy atom. The first kappa shape index (κ1) is 17.6. The Morgan fingerprint density at radius 2 is 1.86 bits per heavy atom. The molecule has 0 heterocycles. The van der Waals surface area contributed by atoms with E-state index in [2.05, 4.69) is 0 Å². The number of sulfonamides is 1. The molecule has 0 aromatic heterocycles. The molecule has 0 spiro atoms. The molecule has 0 aliphatic carbocycles. The van der Waals surface area contributed by atoms with Crippen LogP contribution in [0.3, 0.4) is 0 Å². The summed E-state index contributed by atoms with van der Waals surface area (Å²) in [6, 6.07) is 2.31. The lowest BCUT2D eigenvalue weighted by atomic mass is 10.2. The SMILES string of the molecule is CC(C)CN(C(C)C)S(=O)(=O)c1cc(F)ccc1C(=O)O. The van der Waals surface area contributed by atoms with Crippen molar-refractivity contribution in [2.24, 2.45) is 5.92 Å². The van der Waals surface area contributed by atoms with E-state index in [4.69, 9.17) is 5.11 Å². The molecule has 118 valence electrons. The van der Waals surface area contributed by atoms with Gasteiger partial charge in [0.05, 0.1) is 10.5 Å². The molecular weight excluding hydrogens is 297 g/mol. The van der Waals surface area contributed by atoms with E-state index in [1.54, 1.807) is 13.8 Å². The Morgan fingerprint density at radius 1 is 1.29 bits per heavy atom. The van der Waals surface area contributed by atoms with Crippen molar-refractivity contribution in [3.63, 3.8) is 0 Å². The third-order valence-corrected chi connectivity index (χ3v) is 4.96. The predicted molar refractivity (Wildman–Crippen MR) is 77.2 cm³/mol. The standard InChI is InChI=1S/C14H20FNO4S/c1-9(2)8-16(10(3)4)21(19,20)13-7-11(15)5-6-12(13)14(17)18/h5-7,9-10H,8H2,1-4H3,(H,17,18). The van der Waals surface area contributed by atoms with Crippen molar-refractivity contribution in [1.29, 1.82) is 0 Å². The maximum Gasteiger partial charge on any atom is 0.337 e. The van der Waals surface area contributed by atoms with Crippen molar-refractivity contribution < 1.29 is 22.7 Å². The van der Waals surface area contributed by atoms with E-state index in [1.165, 1.54) is 4.31 Å². The zero-order chi connectivity index (χ0) is 16.4. The lowest BCUT2D eigenvalue weighted by Gasteiger charge is -2.28. The fourth-order valence-electron chi connectivity index (χ4n) is 1.96. The molecule has 0 aliphatic heterocycles. The zero-order valence-electron chi connectivity index (χ0n) is 12.5. The first-order chi connectivity index (χ1) is 9.57. The first-order valence-electron chi connectivity index (χ1n) is 6.62. The van der Waals surface area contributed by atoms with Gasteiger partial charge < -0.3 is 5.11 Å². The number of halogens is 1. The van der Waals surface area contributed by atoms with E-state index >= 15 is 0 Å². The summed E-state index contributed by atoms with van der Waals surface area (Å²) in [5.74, 6) is -2.13. The Hall–Kier alpha value is -1.47. The third-order valence-electron chi connectivity index (χ3n) is 2.88. The van der Waals surface area contributed by atoms with Crippen LogP contribution in [0.4, 0.5) is 4.39 Å². The van der Waals surface area contributed by atoms with Gasteiger partial charge >= 0.3 is 5.97 Å². The van der Waals surface area contributed by atoms with Crippen LogP contribution in [0.15, 0.2) is 23.1 Å². The molecule has 0 fully saturated rings. The second-order valence-electron chi connectivity index (χ2n) is 5.51. The molecule has 0 amide bonds. The summed E-state index contributed by atoms with van der Waals surface area (Å²) in [6.45, 7) is 7.33. The van der Waals surface area contributed by atoms with E-state index in [1.807, 2.05) is 13.8 Å². The average molecular weight is 317 g/mol. The van der Waals surface area contributed by atoms with Crippen LogP contribution in [-0.2, 0) is 10.0 Å². The van der Waals surface area contributed by atoms with Gasteiger partial charge in [-0.25, -0.2) is 17.6 Å². The highest BCUT2D eigenvalue weighted by molar-refractivity contribution is 7.89. The number of carbonyl (C=O) groups is 1. The van der Waals surface area contributed by atoms with Crippen molar-refractivity contribution >= 4 is 16.0 Å². The number of hydrogen-bond donors (Lipinski definition) is 1. The lowest BCUT2D eigenvalue weighted by molar-refractivity contribution is 0.0692. The summed E-state index contributed by atoms with van der Waals surface area (Å²) in [6.07, 6.45) is 0. The normalized spacial score (nSPS) is 12.4. The average Bonchev–Trinajstić information content (AvgIpc) is 2.34. The minimum absolute atomic E-state index is 0.0593. The van der Waals surface area contributed by atoms with Crippen LogP contribution in [0, 0.1) is 11.7 Å². The summed E-state index contributed by atoms with van der Waals surface area (Å²) in [4.78, 5) is 10.7. The molecule has 0 saturated heterocycles. The first-order valence-corrected chi connectivity index (χ1v) is 8.06. The summed E-state index contributed by atoms with van der Waals surface area (Å²) in [5.41, 5.74) is -0.425.